The Balaban J connectivity index is 1.82. The Morgan fingerprint density at radius 3 is 2.39 bits per heavy atom. The second kappa shape index (κ2) is 9.26. The fraction of sp³-hybridized carbons (Fsp3) is 0.364. The number of rotatable bonds is 7. The summed E-state index contributed by atoms with van der Waals surface area (Å²) in [5.41, 5.74) is 2.66. The zero-order valence-corrected chi connectivity index (χ0v) is 16.5. The predicted molar refractivity (Wildman–Crippen MR) is 111 cm³/mol. The van der Waals surface area contributed by atoms with Gasteiger partial charge in [-0.15, -0.1) is 0 Å². The smallest absolute Gasteiger partial charge is 0.255 e. The average molecular weight is 381 g/mol. The summed E-state index contributed by atoms with van der Waals surface area (Å²) in [5.74, 6) is 0.363. The van der Waals surface area contributed by atoms with Crippen molar-refractivity contribution >= 4 is 23.2 Å². The Kier molecular flexibility index (Phi) is 6.53. The van der Waals surface area contributed by atoms with Gasteiger partial charge in [0.05, 0.1) is 12.7 Å². The minimum Gasteiger partial charge on any atom is -0.497 e. The van der Waals surface area contributed by atoms with Crippen molar-refractivity contribution in [3.05, 3.63) is 53.6 Å². The lowest BCUT2D eigenvalue weighted by atomic mass is 10.1. The van der Waals surface area contributed by atoms with Crippen LogP contribution < -0.4 is 20.3 Å². The highest BCUT2D eigenvalue weighted by Gasteiger charge is 2.20. The molecule has 2 aromatic rings. The summed E-state index contributed by atoms with van der Waals surface area (Å²) in [6.07, 6.45) is 3.14. The van der Waals surface area contributed by atoms with Crippen LogP contribution in [0.3, 0.4) is 0 Å². The average Bonchev–Trinajstić information content (AvgIpc) is 3.26. The molecule has 2 aromatic carbocycles. The lowest BCUT2D eigenvalue weighted by molar-refractivity contribution is 0.0952. The van der Waals surface area contributed by atoms with Crippen LogP contribution in [0.25, 0.3) is 0 Å². The van der Waals surface area contributed by atoms with E-state index in [1.165, 1.54) is 0 Å². The first-order valence-corrected chi connectivity index (χ1v) is 9.75. The van der Waals surface area contributed by atoms with Crippen molar-refractivity contribution in [1.82, 2.24) is 5.32 Å². The predicted octanol–water partition coefficient (Wildman–Crippen LogP) is 3.69. The number of nitrogens with zero attached hydrogens (tertiary/aromatic N) is 1. The lowest BCUT2D eigenvalue weighted by Crippen LogP contribution is -2.28. The molecule has 0 saturated carbocycles. The summed E-state index contributed by atoms with van der Waals surface area (Å²) in [4.78, 5) is 27.5. The zero-order valence-electron chi connectivity index (χ0n) is 16.5. The van der Waals surface area contributed by atoms with Gasteiger partial charge in [-0.2, -0.15) is 0 Å². The summed E-state index contributed by atoms with van der Waals surface area (Å²) in [5, 5.41) is 5.83. The van der Waals surface area contributed by atoms with Crippen LogP contribution in [0.15, 0.2) is 42.5 Å². The van der Waals surface area contributed by atoms with Crippen molar-refractivity contribution in [2.24, 2.45) is 0 Å². The number of benzene rings is 2. The van der Waals surface area contributed by atoms with Crippen LogP contribution in [0.2, 0.25) is 0 Å². The van der Waals surface area contributed by atoms with E-state index < -0.39 is 0 Å². The Morgan fingerprint density at radius 1 is 1.04 bits per heavy atom. The molecule has 1 aliphatic rings. The molecule has 0 aromatic heterocycles. The van der Waals surface area contributed by atoms with Crippen LogP contribution in [-0.4, -0.2) is 38.6 Å². The van der Waals surface area contributed by atoms with Gasteiger partial charge in [-0.05, 0) is 61.7 Å². The van der Waals surface area contributed by atoms with Crippen molar-refractivity contribution in [2.45, 2.75) is 26.2 Å². The molecule has 1 heterocycles. The Bertz CT molecular complexity index is 827. The number of carbonyl (C=O) groups excluding carboxylic acids is 2. The van der Waals surface area contributed by atoms with Crippen LogP contribution in [0.5, 0.6) is 5.75 Å². The molecule has 2 amide bonds. The Labute approximate surface area is 165 Å². The zero-order chi connectivity index (χ0) is 19.9. The first kappa shape index (κ1) is 19.7. The quantitative estimate of drug-likeness (QED) is 0.767. The van der Waals surface area contributed by atoms with E-state index in [1.807, 2.05) is 19.1 Å². The number of ether oxygens (including phenoxy) is 1. The van der Waals surface area contributed by atoms with Crippen LogP contribution in [0.1, 0.15) is 46.9 Å². The largest absolute Gasteiger partial charge is 0.497 e. The third-order valence-electron chi connectivity index (χ3n) is 4.83. The van der Waals surface area contributed by atoms with Gasteiger partial charge in [0.1, 0.15) is 5.75 Å². The lowest BCUT2D eigenvalue weighted by Gasteiger charge is -2.22. The Hall–Kier alpha value is -3.02. The summed E-state index contributed by atoms with van der Waals surface area (Å²) in [7, 11) is 1.59. The molecule has 2 N–H and O–H groups in total. The van der Waals surface area contributed by atoms with E-state index in [0.717, 1.165) is 38.0 Å². The van der Waals surface area contributed by atoms with Crippen LogP contribution in [0.4, 0.5) is 11.4 Å². The van der Waals surface area contributed by atoms with E-state index in [0.29, 0.717) is 29.1 Å². The molecule has 6 nitrogen and oxygen atoms in total. The topological polar surface area (TPSA) is 70.7 Å². The number of nitrogens with one attached hydrogen (secondary N) is 2. The van der Waals surface area contributed by atoms with E-state index in [4.69, 9.17) is 4.74 Å². The van der Waals surface area contributed by atoms with Gasteiger partial charge < -0.3 is 20.3 Å². The van der Waals surface area contributed by atoms with Crippen LogP contribution in [0, 0.1) is 0 Å². The fourth-order valence-corrected chi connectivity index (χ4v) is 3.31. The number of methoxy groups -OCH3 is 1. The third kappa shape index (κ3) is 4.63. The van der Waals surface area contributed by atoms with Gasteiger partial charge in [0.25, 0.3) is 11.8 Å². The van der Waals surface area contributed by atoms with Crippen LogP contribution >= 0.6 is 0 Å². The third-order valence-corrected chi connectivity index (χ3v) is 4.83. The van der Waals surface area contributed by atoms with E-state index in [9.17, 15) is 9.59 Å². The monoisotopic (exact) mass is 381 g/mol. The highest BCUT2D eigenvalue weighted by molar-refractivity contribution is 6.06. The molecule has 0 atom stereocenters. The summed E-state index contributed by atoms with van der Waals surface area (Å²) >= 11 is 0. The normalized spacial score (nSPS) is 13.3. The van der Waals surface area contributed by atoms with E-state index in [2.05, 4.69) is 15.5 Å². The first-order valence-electron chi connectivity index (χ1n) is 9.75. The van der Waals surface area contributed by atoms with Crippen molar-refractivity contribution in [3.63, 3.8) is 0 Å². The minimum atomic E-state index is -0.225. The van der Waals surface area contributed by atoms with Crippen molar-refractivity contribution in [3.8, 4) is 5.75 Å². The SMILES string of the molecule is CCCNC(=O)c1cc(NC(=O)c2ccc(OC)cc2)ccc1N1CCCC1. The van der Waals surface area contributed by atoms with E-state index in [-0.39, 0.29) is 11.8 Å². The highest BCUT2D eigenvalue weighted by atomic mass is 16.5. The van der Waals surface area contributed by atoms with E-state index in [1.54, 1.807) is 37.4 Å². The Morgan fingerprint density at radius 2 is 1.75 bits per heavy atom. The molecule has 1 saturated heterocycles. The molecule has 0 aliphatic carbocycles. The van der Waals surface area contributed by atoms with Gasteiger partial charge >= 0.3 is 0 Å². The molecule has 6 heteroatoms. The van der Waals surface area contributed by atoms with E-state index >= 15 is 0 Å². The second-order valence-electron chi connectivity index (χ2n) is 6.86. The maximum absolute atomic E-state index is 12.7. The molecular weight excluding hydrogens is 354 g/mol. The van der Waals surface area contributed by atoms with Crippen molar-refractivity contribution < 1.29 is 14.3 Å². The maximum Gasteiger partial charge on any atom is 0.255 e. The maximum atomic E-state index is 12.7. The molecule has 148 valence electrons. The molecule has 0 unspecified atom stereocenters. The minimum absolute atomic E-state index is 0.107. The molecule has 0 bridgehead atoms. The van der Waals surface area contributed by atoms with Gasteiger partial charge in [0.2, 0.25) is 0 Å². The molecule has 28 heavy (non-hydrogen) atoms. The molecule has 1 aliphatic heterocycles. The molecule has 0 spiro atoms. The standard InChI is InChI=1S/C22H27N3O3/c1-3-12-23-22(27)19-15-17(8-11-20(19)25-13-4-5-14-25)24-21(26)16-6-9-18(28-2)10-7-16/h6-11,15H,3-5,12-14H2,1-2H3,(H,23,27)(H,24,26). The first-order chi connectivity index (χ1) is 13.6. The second-order valence-corrected chi connectivity index (χ2v) is 6.86. The molecule has 0 radical (unpaired) electrons. The molecule has 3 rings (SSSR count). The summed E-state index contributed by atoms with van der Waals surface area (Å²) < 4.78 is 5.12. The summed E-state index contributed by atoms with van der Waals surface area (Å²) in [6, 6.07) is 12.5. The number of hydrogen-bond acceptors (Lipinski definition) is 4. The highest BCUT2D eigenvalue weighted by Crippen LogP contribution is 2.28. The molecular formula is C22H27N3O3. The van der Waals surface area contributed by atoms with Gasteiger partial charge in [-0.25, -0.2) is 0 Å². The van der Waals surface area contributed by atoms with Crippen molar-refractivity contribution in [1.29, 1.82) is 0 Å². The van der Waals surface area contributed by atoms with Gasteiger partial charge in [-0.3, -0.25) is 9.59 Å². The number of carbonyl (C=O) groups is 2. The number of amides is 2. The van der Waals surface area contributed by atoms with Crippen LogP contribution in [-0.2, 0) is 0 Å². The van der Waals surface area contributed by atoms with Gasteiger partial charge in [0.15, 0.2) is 0 Å². The van der Waals surface area contributed by atoms with Gasteiger partial charge in [-0.1, -0.05) is 6.92 Å². The molecule has 1 fully saturated rings. The van der Waals surface area contributed by atoms with Gasteiger partial charge in [0, 0.05) is 36.6 Å². The van der Waals surface area contributed by atoms with Crippen molar-refractivity contribution in [2.75, 3.05) is 37.0 Å². The fourth-order valence-electron chi connectivity index (χ4n) is 3.31. The number of anilines is 2. The number of hydrogen-bond donors (Lipinski definition) is 2. The summed E-state index contributed by atoms with van der Waals surface area (Å²) in [6.45, 7) is 4.55.